The average molecular weight is 212 g/mol. The van der Waals surface area contributed by atoms with E-state index in [0.717, 1.165) is 0 Å². The van der Waals surface area contributed by atoms with Crippen LogP contribution in [0, 0.1) is 0 Å². The molecule has 2 heteroatoms. The van der Waals surface area contributed by atoms with Gasteiger partial charge in [0.2, 0.25) is 0 Å². The van der Waals surface area contributed by atoms with Crippen molar-refractivity contribution < 1.29 is 0 Å². The fraction of sp³-hybridized carbons (Fsp3) is 1.00. The quantitative estimate of drug-likeness (QED) is 0.705. The lowest BCUT2D eigenvalue weighted by molar-refractivity contribution is 0.0444. The largest absolute Gasteiger partial charge is 0.315 e. The lowest BCUT2D eigenvalue weighted by Crippen LogP contribution is -2.60. The molecule has 1 atom stereocenters. The Balaban J connectivity index is 2.47. The molecule has 0 aliphatic carbocycles. The molecule has 0 aromatic rings. The van der Waals surface area contributed by atoms with Crippen LogP contribution in [0.5, 0.6) is 0 Å². The maximum absolute atomic E-state index is 3.47. The van der Waals surface area contributed by atoms with Crippen molar-refractivity contribution >= 4 is 0 Å². The van der Waals surface area contributed by atoms with Crippen LogP contribution >= 0.6 is 0 Å². The van der Waals surface area contributed by atoms with E-state index in [1.54, 1.807) is 0 Å². The second-order valence-corrected chi connectivity index (χ2v) is 5.33. The maximum atomic E-state index is 3.47. The molecule has 0 aromatic carbocycles. The molecule has 2 nitrogen and oxygen atoms in total. The summed E-state index contributed by atoms with van der Waals surface area (Å²) in [7, 11) is 2.10. The van der Waals surface area contributed by atoms with E-state index >= 15 is 0 Å². The molecule has 1 saturated heterocycles. The highest BCUT2D eigenvalue weighted by Gasteiger charge is 2.36. The zero-order valence-corrected chi connectivity index (χ0v) is 11.0. The summed E-state index contributed by atoms with van der Waals surface area (Å²) in [5.74, 6) is 0. The van der Waals surface area contributed by atoms with Crippen LogP contribution < -0.4 is 5.32 Å². The van der Waals surface area contributed by atoms with E-state index in [4.69, 9.17) is 0 Å². The van der Waals surface area contributed by atoms with Crippen LogP contribution in [-0.4, -0.2) is 36.6 Å². The van der Waals surface area contributed by atoms with Crippen molar-refractivity contribution in [2.75, 3.05) is 20.1 Å². The molecule has 0 spiro atoms. The molecule has 0 bridgehead atoms. The van der Waals surface area contributed by atoms with Gasteiger partial charge in [-0.2, -0.15) is 0 Å². The first-order valence-electron chi connectivity index (χ1n) is 6.55. The number of likely N-dealkylation sites (tertiary alicyclic amines) is 1. The summed E-state index contributed by atoms with van der Waals surface area (Å²) in [5.41, 5.74) is 0.334. The number of likely N-dealkylation sites (N-methyl/N-ethyl adjacent to an activating group) is 1. The highest BCUT2D eigenvalue weighted by molar-refractivity contribution is 4.96. The van der Waals surface area contributed by atoms with E-state index < -0.39 is 0 Å². The van der Waals surface area contributed by atoms with Gasteiger partial charge in [0.25, 0.3) is 0 Å². The SMILES string of the molecule is CCCCCN1CCCC(NC)C1(C)C. The summed E-state index contributed by atoms with van der Waals surface area (Å²) in [6.45, 7) is 9.62. The van der Waals surface area contributed by atoms with Gasteiger partial charge in [-0.15, -0.1) is 0 Å². The fourth-order valence-electron chi connectivity index (χ4n) is 2.80. The van der Waals surface area contributed by atoms with Crippen molar-refractivity contribution in [2.45, 2.75) is 64.5 Å². The molecule has 1 heterocycles. The van der Waals surface area contributed by atoms with Crippen LogP contribution in [0.2, 0.25) is 0 Å². The van der Waals surface area contributed by atoms with Crippen molar-refractivity contribution in [1.29, 1.82) is 0 Å². The summed E-state index contributed by atoms with van der Waals surface area (Å²) in [6, 6.07) is 0.660. The Labute approximate surface area is 95.4 Å². The molecular formula is C13H28N2. The Morgan fingerprint density at radius 2 is 2.07 bits per heavy atom. The Bertz CT molecular complexity index is 177. The average Bonchev–Trinajstić information content (AvgIpc) is 2.20. The van der Waals surface area contributed by atoms with Gasteiger partial charge in [0.1, 0.15) is 0 Å². The normalized spacial score (nSPS) is 26.8. The van der Waals surface area contributed by atoms with E-state index in [1.807, 2.05) is 0 Å². The molecule has 0 saturated carbocycles. The minimum Gasteiger partial charge on any atom is -0.315 e. The van der Waals surface area contributed by atoms with Crippen molar-refractivity contribution in [2.24, 2.45) is 0 Å². The monoisotopic (exact) mass is 212 g/mol. The molecule has 1 N–H and O–H groups in total. The number of rotatable bonds is 5. The standard InChI is InChI=1S/C13H28N2/c1-5-6-7-10-15-11-8-9-12(14-4)13(15,2)3/h12,14H,5-11H2,1-4H3. The fourth-order valence-corrected chi connectivity index (χ4v) is 2.80. The third kappa shape index (κ3) is 3.18. The predicted octanol–water partition coefficient (Wildman–Crippen LogP) is 2.64. The Hall–Kier alpha value is -0.0800. The van der Waals surface area contributed by atoms with Gasteiger partial charge in [-0.25, -0.2) is 0 Å². The molecular weight excluding hydrogens is 184 g/mol. The topological polar surface area (TPSA) is 15.3 Å². The molecule has 1 unspecified atom stereocenters. The molecule has 1 aliphatic rings. The van der Waals surface area contributed by atoms with Crippen LogP contribution in [0.25, 0.3) is 0 Å². The number of nitrogens with one attached hydrogen (secondary N) is 1. The van der Waals surface area contributed by atoms with Gasteiger partial charge in [0.05, 0.1) is 0 Å². The first-order chi connectivity index (χ1) is 7.12. The van der Waals surface area contributed by atoms with Gasteiger partial charge in [-0.1, -0.05) is 19.8 Å². The molecule has 0 radical (unpaired) electrons. The summed E-state index contributed by atoms with van der Waals surface area (Å²) >= 11 is 0. The minimum atomic E-state index is 0.334. The molecule has 0 amide bonds. The van der Waals surface area contributed by atoms with Gasteiger partial charge < -0.3 is 5.32 Å². The predicted molar refractivity (Wildman–Crippen MR) is 67.3 cm³/mol. The Morgan fingerprint density at radius 3 is 2.67 bits per heavy atom. The summed E-state index contributed by atoms with van der Waals surface area (Å²) < 4.78 is 0. The first-order valence-corrected chi connectivity index (χ1v) is 6.55. The Kier molecular flexibility index (Phi) is 5.07. The van der Waals surface area contributed by atoms with Crippen LogP contribution in [0.1, 0.15) is 52.9 Å². The van der Waals surface area contributed by atoms with Gasteiger partial charge >= 0.3 is 0 Å². The van der Waals surface area contributed by atoms with E-state index in [-0.39, 0.29) is 0 Å². The molecule has 1 aliphatic heterocycles. The highest BCUT2D eigenvalue weighted by Crippen LogP contribution is 2.27. The van der Waals surface area contributed by atoms with E-state index in [9.17, 15) is 0 Å². The number of hydrogen-bond acceptors (Lipinski definition) is 2. The first kappa shape index (κ1) is 13.0. The van der Waals surface area contributed by atoms with Gasteiger partial charge in [-0.3, -0.25) is 4.90 Å². The van der Waals surface area contributed by atoms with Crippen molar-refractivity contribution in [1.82, 2.24) is 10.2 Å². The van der Waals surface area contributed by atoms with Gasteiger partial charge in [0, 0.05) is 11.6 Å². The molecule has 15 heavy (non-hydrogen) atoms. The molecule has 1 fully saturated rings. The second-order valence-electron chi connectivity index (χ2n) is 5.33. The summed E-state index contributed by atoms with van der Waals surface area (Å²) in [6.07, 6.45) is 6.73. The highest BCUT2D eigenvalue weighted by atomic mass is 15.2. The van der Waals surface area contributed by atoms with Gasteiger partial charge in [0.15, 0.2) is 0 Å². The zero-order valence-electron chi connectivity index (χ0n) is 11.0. The summed E-state index contributed by atoms with van der Waals surface area (Å²) in [5, 5.41) is 3.47. The maximum Gasteiger partial charge on any atom is 0.0306 e. The minimum absolute atomic E-state index is 0.334. The van der Waals surface area contributed by atoms with E-state index in [0.29, 0.717) is 11.6 Å². The molecule has 0 aromatic heterocycles. The number of nitrogens with zero attached hydrogens (tertiary/aromatic N) is 1. The van der Waals surface area contributed by atoms with Crippen LogP contribution in [0.4, 0.5) is 0 Å². The number of unbranched alkanes of at least 4 members (excludes halogenated alkanes) is 2. The lowest BCUT2D eigenvalue weighted by atomic mass is 9.85. The molecule has 1 rings (SSSR count). The van der Waals surface area contributed by atoms with Crippen LogP contribution in [0.15, 0.2) is 0 Å². The Morgan fingerprint density at radius 1 is 1.33 bits per heavy atom. The van der Waals surface area contributed by atoms with Crippen molar-refractivity contribution in [3.05, 3.63) is 0 Å². The number of piperidine rings is 1. The van der Waals surface area contributed by atoms with Crippen LogP contribution in [-0.2, 0) is 0 Å². The van der Waals surface area contributed by atoms with E-state index in [1.165, 1.54) is 45.2 Å². The van der Waals surface area contributed by atoms with Gasteiger partial charge in [-0.05, 0) is 53.2 Å². The van der Waals surface area contributed by atoms with Crippen LogP contribution in [0.3, 0.4) is 0 Å². The summed E-state index contributed by atoms with van der Waals surface area (Å²) in [4.78, 5) is 2.67. The molecule has 90 valence electrons. The lowest BCUT2D eigenvalue weighted by Gasteiger charge is -2.48. The third-order valence-corrected chi connectivity index (χ3v) is 3.97. The second kappa shape index (κ2) is 5.86. The van der Waals surface area contributed by atoms with Crippen molar-refractivity contribution in [3.8, 4) is 0 Å². The third-order valence-electron chi connectivity index (χ3n) is 3.97. The smallest absolute Gasteiger partial charge is 0.0306 e. The zero-order chi connectivity index (χ0) is 11.3. The van der Waals surface area contributed by atoms with E-state index in [2.05, 4.69) is 38.0 Å². The van der Waals surface area contributed by atoms with Crippen molar-refractivity contribution in [3.63, 3.8) is 0 Å². The number of hydrogen-bond donors (Lipinski definition) is 1.